The van der Waals surface area contributed by atoms with Crippen molar-refractivity contribution in [2.24, 2.45) is 5.92 Å². The number of ether oxygens (including phenoxy) is 1. The molecule has 0 aliphatic carbocycles. The number of unbranched alkanes of at least 4 members (excludes halogenated alkanes) is 1. The van der Waals surface area contributed by atoms with Crippen LogP contribution in [0.4, 0.5) is 5.69 Å². The maximum Gasteiger partial charge on any atom is 0.277 e. The molecule has 0 aromatic carbocycles. The standard InChI is InChI=1S/C12H21N3O2/c1-3-5-6-9(4-2)7-17-12-10(13)11(16)14-8-15-12/h8-9H,3-7,13H2,1-2H3,(H,14,15,16). The monoisotopic (exact) mass is 239 g/mol. The molecule has 1 rings (SSSR count). The molecular weight excluding hydrogens is 218 g/mol. The minimum absolute atomic E-state index is 0.0536. The van der Waals surface area contributed by atoms with Gasteiger partial charge in [0, 0.05) is 0 Å². The lowest BCUT2D eigenvalue weighted by Gasteiger charge is -2.15. The zero-order valence-electron chi connectivity index (χ0n) is 10.5. The van der Waals surface area contributed by atoms with Crippen LogP contribution in [0.25, 0.3) is 0 Å². The summed E-state index contributed by atoms with van der Waals surface area (Å²) in [4.78, 5) is 17.6. The van der Waals surface area contributed by atoms with Crippen molar-refractivity contribution in [1.29, 1.82) is 0 Å². The largest absolute Gasteiger partial charge is 0.476 e. The highest BCUT2D eigenvalue weighted by Gasteiger charge is 2.10. The Morgan fingerprint density at radius 3 is 2.94 bits per heavy atom. The van der Waals surface area contributed by atoms with E-state index in [1.54, 1.807) is 0 Å². The number of nitrogen functional groups attached to an aromatic ring is 1. The first kappa shape index (κ1) is 13.5. The number of nitrogens with two attached hydrogens (primary N) is 1. The molecule has 5 heteroatoms. The Bertz CT molecular complexity index is 390. The number of aromatic nitrogens is 2. The molecule has 1 atom stereocenters. The summed E-state index contributed by atoms with van der Waals surface area (Å²) in [5, 5.41) is 0. The van der Waals surface area contributed by atoms with Crippen molar-refractivity contribution in [2.75, 3.05) is 12.3 Å². The van der Waals surface area contributed by atoms with Gasteiger partial charge in [0.2, 0.25) is 5.88 Å². The fourth-order valence-electron chi connectivity index (χ4n) is 1.60. The highest BCUT2D eigenvalue weighted by Crippen LogP contribution is 2.16. The van der Waals surface area contributed by atoms with Crippen molar-refractivity contribution in [3.63, 3.8) is 0 Å². The van der Waals surface area contributed by atoms with Gasteiger partial charge in [0.25, 0.3) is 5.56 Å². The minimum atomic E-state index is -0.350. The third-order valence-electron chi connectivity index (χ3n) is 2.85. The molecule has 0 aliphatic rings. The number of hydrogen-bond donors (Lipinski definition) is 2. The van der Waals surface area contributed by atoms with Crippen molar-refractivity contribution >= 4 is 5.69 Å². The summed E-state index contributed by atoms with van der Waals surface area (Å²) in [5.41, 5.74) is 5.28. The topological polar surface area (TPSA) is 81.0 Å². The average molecular weight is 239 g/mol. The van der Waals surface area contributed by atoms with Crippen molar-refractivity contribution < 1.29 is 4.74 Å². The zero-order chi connectivity index (χ0) is 12.7. The lowest BCUT2D eigenvalue weighted by atomic mass is 10.0. The second kappa shape index (κ2) is 6.93. The van der Waals surface area contributed by atoms with Crippen LogP contribution in [0.1, 0.15) is 39.5 Å². The van der Waals surface area contributed by atoms with Gasteiger partial charge in [0.1, 0.15) is 0 Å². The van der Waals surface area contributed by atoms with Gasteiger partial charge in [-0.2, -0.15) is 0 Å². The Kier molecular flexibility index (Phi) is 5.52. The van der Waals surface area contributed by atoms with Gasteiger partial charge in [-0.25, -0.2) is 4.98 Å². The maximum atomic E-state index is 11.2. The minimum Gasteiger partial charge on any atom is -0.476 e. The predicted octanol–water partition coefficient (Wildman–Crippen LogP) is 1.95. The fourth-order valence-corrected chi connectivity index (χ4v) is 1.60. The Hall–Kier alpha value is -1.52. The molecule has 0 saturated heterocycles. The average Bonchev–Trinajstić information content (AvgIpc) is 2.34. The van der Waals surface area contributed by atoms with Crippen molar-refractivity contribution in [3.8, 4) is 5.88 Å². The Morgan fingerprint density at radius 1 is 1.53 bits per heavy atom. The second-order valence-corrected chi connectivity index (χ2v) is 4.18. The number of H-pyrrole nitrogens is 1. The number of rotatable bonds is 7. The van der Waals surface area contributed by atoms with Crippen LogP contribution in [0.3, 0.4) is 0 Å². The quantitative estimate of drug-likeness (QED) is 0.762. The van der Waals surface area contributed by atoms with Crippen molar-refractivity contribution in [1.82, 2.24) is 9.97 Å². The zero-order valence-corrected chi connectivity index (χ0v) is 10.5. The summed E-state index contributed by atoms with van der Waals surface area (Å²) >= 11 is 0. The molecule has 5 nitrogen and oxygen atoms in total. The van der Waals surface area contributed by atoms with E-state index in [0.29, 0.717) is 12.5 Å². The Labute approximate surface area is 101 Å². The molecule has 17 heavy (non-hydrogen) atoms. The smallest absolute Gasteiger partial charge is 0.277 e. The van der Waals surface area contributed by atoms with E-state index in [-0.39, 0.29) is 17.1 Å². The van der Waals surface area contributed by atoms with Gasteiger partial charge in [0.15, 0.2) is 5.69 Å². The van der Waals surface area contributed by atoms with E-state index in [9.17, 15) is 4.79 Å². The first-order chi connectivity index (χ1) is 8.19. The summed E-state index contributed by atoms with van der Waals surface area (Å²) < 4.78 is 5.51. The van der Waals surface area contributed by atoms with E-state index in [1.165, 1.54) is 19.2 Å². The third kappa shape index (κ3) is 4.09. The highest BCUT2D eigenvalue weighted by molar-refractivity contribution is 5.44. The van der Waals surface area contributed by atoms with Crippen LogP contribution in [0.5, 0.6) is 5.88 Å². The summed E-state index contributed by atoms with van der Waals surface area (Å²) in [7, 11) is 0. The van der Waals surface area contributed by atoms with Crippen LogP contribution in [0.2, 0.25) is 0 Å². The van der Waals surface area contributed by atoms with E-state index >= 15 is 0 Å². The lowest BCUT2D eigenvalue weighted by molar-refractivity contribution is 0.226. The number of anilines is 1. The van der Waals surface area contributed by atoms with Crippen molar-refractivity contribution in [2.45, 2.75) is 39.5 Å². The summed E-state index contributed by atoms with van der Waals surface area (Å²) in [5.74, 6) is 0.735. The molecule has 0 spiro atoms. The fraction of sp³-hybridized carbons (Fsp3) is 0.667. The maximum absolute atomic E-state index is 11.2. The molecule has 0 saturated carbocycles. The SMILES string of the molecule is CCCCC(CC)COc1nc[nH]c(=O)c1N. The van der Waals surface area contributed by atoms with Crippen LogP contribution < -0.4 is 16.0 Å². The number of nitrogens with zero attached hydrogens (tertiary/aromatic N) is 1. The summed E-state index contributed by atoms with van der Waals surface area (Å²) in [6.07, 6.45) is 5.88. The second-order valence-electron chi connectivity index (χ2n) is 4.18. The number of aromatic amines is 1. The Balaban J connectivity index is 2.53. The van der Waals surface area contributed by atoms with Crippen LogP contribution in [-0.4, -0.2) is 16.6 Å². The van der Waals surface area contributed by atoms with Crippen LogP contribution in [-0.2, 0) is 0 Å². The molecule has 1 heterocycles. The lowest BCUT2D eigenvalue weighted by Crippen LogP contribution is -2.17. The van der Waals surface area contributed by atoms with E-state index in [0.717, 1.165) is 12.8 Å². The van der Waals surface area contributed by atoms with Gasteiger partial charge in [0.05, 0.1) is 12.9 Å². The predicted molar refractivity (Wildman–Crippen MR) is 68.1 cm³/mol. The van der Waals surface area contributed by atoms with Gasteiger partial charge in [-0.15, -0.1) is 0 Å². The van der Waals surface area contributed by atoms with Gasteiger partial charge in [-0.1, -0.05) is 33.1 Å². The molecule has 0 aliphatic heterocycles. The van der Waals surface area contributed by atoms with Crippen LogP contribution in [0, 0.1) is 5.92 Å². The number of nitrogens with one attached hydrogen (secondary N) is 1. The van der Waals surface area contributed by atoms with Crippen LogP contribution in [0.15, 0.2) is 11.1 Å². The Morgan fingerprint density at radius 2 is 2.29 bits per heavy atom. The molecule has 1 aromatic rings. The normalized spacial score (nSPS) is 12.4. The van der Waals surface area contributed by atoms with Crippen molar-refractivity contribution in [3.05, 3.63) is 16.7 Å². The molecular formula is C12H21N3O2. The van der Waals surface area contributed by atoms with Gasteiger partial charge in [-0.05, 0) is 12.3 Å². The highest BCUT2D eigenvalue weighted by atomic mass is 16.5. The molecule has 0 amide bonds. The van der Waals surface area contributed by atoms with Gasteiger partial charge < -0.3 is 15.5 Å². The first-order valence-electron chi connectivity index (χ1n) is 6.15. The molecule has 1 aromatic heterocycles. The molecule has 1 unspecified atom stereocenters. The van der Waals surface area contributed by atoms with E-state index in [4.69, 9.17) is 10.5 Å². The summed E-state index contributed by atoms with van der Waals surface area (Å²) in [6, 6.07) is 0. The molecule has 0 fully saturated rings. The van der Waals surface area contributed by atoms with Crippen LogP contribution >= 0.6 is 0 Å². The first-order valence-corrected chi connectivity index (χ1v) is 6.15. The third-order valence-corrected chi connectivity index (χ3v) is 2.85. The molecule has 3 N–H and O–H groups in total. The van der Waals surface area contributed by atoms with E-state index in [1.807, 2.05) is 0 Å². The number of hydrogen-bond acceptors (Lipinski definition) is 4. The molecule has 96 valence electrons. The summed E-state index contributed by atoms with van der Waals surface area (Å²) in [6.45, 7) is 4.87. The van der Waals surface area contributed by atoms with E-state index in [2.05, 4.69) is 23.8 Å². The van der Waals surface area contributed by atoms with Gasteiger partial charge in [-0.3, -0.25) is 4.79 Å². The molecule has 0 bridgehead atoms. The van der Waals surface area contributed by atoms with E-state index < -0.39 is 0 Å². The molecule has 0 radical (unpaired) electrons. The van der Waals surface area contributed by atoms with Gasteiger partial charge >= 0.3 is 0 Å².